The molecule has 0 bridgehead atoms. The number of hydrogen-bond donors (Lipinski definition) is 1. The molecule has 0 fully saturated rings. The zero-order valence-corrected chi connectivity index (χ0v) is 13.7. The molecular formula is C14H15N3O3S2. The first-order valence-electron chi connectivity index (χ1n) is 6.48. The zero-order valence-electron chi connectivity index (χ0n) is 12.1. The van der Waals surface area contributed by atoms with Crippen LogP contribution in [0.4, 0.5) is 5.13 Å². The Morgan fingerprint density at radius 1 is 1.45 bits per heavy atom. The van der Waals surface area contributed by atoms with E-state index in [-0.39, 0.29) is 17.8 Å². The van der Waals surface area contributed by atoms with Crippen LogP contribution in [0.5, 0.6) is 5.75 Å². The molecule has 1 heterocycles. The van der Waals surface area contributed by atoms with Crippen molar-refractivity contribution < 1.29 is 14.3 Å². The van der Waals surface area contributed by atoms with E-state index in [1.807, 2.05) is 13.2 Å². The highest BCUT2D eigenvalue weighted by Crippen LogP contribution is 2.18. The summed E-state index contributed by atoms with van der Waals surface area (Å²) in [5.41, 5.74) is 1.92. The van der Waals surface area contributed by atoms with E-state index in [1.165, 1.54) is 22.9 Å². The molecule has 1 atom stereocenters. The third kappa shape index (κ3) is 4.54. The van der Waals surface area contributed by atoms with E-state index in [2.05, 4.69) is 15.5 Å². The van der Waals surface area contributed by atoms with Gasteiger partial charge in [0.15, 0.2) is 0 Å². The molecule has 1 amide bonds. The Morgan fingerprint density at radius 2 is 2.27 bits per heavy atom. The molecule has 0 aliphatic carbocycles. The standard InChI is InChI=1S/C14H15N3O3S2/c1-9(7-21-2)13(19)20-11-5-3-4-10(6-11)12(18)16-14-17-15-8-22-14/h3-6,8-9H,7H2,1-2H3,(H,16,17,18)/t9-/m0/s1. The largest absolute Gasteiger partial charge is 0.426 e. The van der Waals surface area contributed by atoms with Gasteiger partial charge in [-0.1, -0.05) is 24.3 Å². The predicted octanol–water partition coefficient (Wildman–Crippen LogP) is 2.69. The van der Waals surface area contributed by atoms with E-state index in [9.17, 15) is 9.59 Å². The van der Waals surface area contributed by atoms with Crippen molar-refractivity contribution >= 4 is 40.1 Å². The Morgan fingerprint density at radius 3 is 2.95 bits per heavy atom. The lowest BCUT2D eigenvalue weighted by Gasteiger charge is -2.10. The maximum atomic E-state index is 12.1. The predicted molar refractivity (Wildman–Crippen MR) is 87.5 cm³/mol. The topological polar surface area (TPSA) is 81.2 Å². The van der Waals surface area contributed by atoms with Gasteiger partial charge in [0.25, 0.3) is 5.91 Å². The Labute approximate surface area is 136 Å². The number of aromatic nitrogens is 2. The number of thioether (sulfide) groups is 1. The van der Waals surface area contributed by atoms with E-state index in [0.29, 0.717) is 22.2 Å². The molecule has 1 aromatic heterocycles. The average Bonchev–Trinajstić information content (AvgIpc) is 3.00. The monoisotopic (exact) mass is 337 g/mol. The number of nitrogens with zero attached hydrogens (tertiary/aromatic N) is 2. The van der Waals surface area contributed by atoms with Crippen molar-refractivity contribution in [2.45, 2.75) is 6.92 Å². The highest BCUT2D eigenvalue weighted by molar-refractivity contribution is 7.98. The van der Waals surface area contributed by atoms with Crippen molar-refractivity contribution in [1.29, 1.82) is 0 Å². The number of amides is 1. The van der Waals surface area contributed by atoms with E-state index < -0.39 is 0 Å². The van der Waals surface area contributed by atoms with Gasteiger partial charge in [-0.3, -0.25) is 14.9 Å². The number of rotatable bonds is 6. The molecule has 0 saturated carbocycles. The van der Waals surface area contributed by atoms with Crippen LogP contribution in [-0.4, -0.2) is 34.1 Å². The van der Waals surface area contributed by atoms with Crippen LogP contribution in [0.15, 0.2) is 29.8 Å². The number of benzene rings is 1. The highest BCUT2D eigenvalue weighted by atomic mass is 32.2. The zero-order chi connectivity index (χ0) is 15.9. The molecule has 0 aliphatic rings. The summed E-state index contributed by atoms with van der Waals surface area (Å²) in [5.74, 6) is 0.204. The molecule has 8 heteroatoms. The Bertz CT molecular complexity index is 647. The van der Waals surface area contributed by atoms with Crippen molar-refractivity contribution in [1.82, 2.24) is 10.2 Å². The second-order valence-electron chi connectivity index (χ2n) is 4.50. The molecule has 22 heavy (non-hydrogen) atoms. The number of nitrogens with one attached hydrogen (secondary N) is 1. The van der Waals surface area contributed by atoms with Crippen LogP contribution in [0.3, 0.4) is 0 Å². The van der Waals surface area contributed by atoms with Crippen LogP contribution in [0.1, 0.15) is 17.3 Å². The summed E-state index contributed by atoms with van der Waals surface area (Å²) in [6, 6.07) is 6.47. The van der Waals surface area contributed by atoms with Gasteiger partial charge in [-0.2, -0.15) is 11.8 Å². The molecular weight excluding hydrogens is 322 g/mol. The summed E-state index contributed by atoms with van der Waals surface area (Å²) in [6.45, 7) is 1.81. The minimum Gasteiger partial charge on any atom is -0.426 e. The van der Waals surface area contributed by atoms with Crippen molar-refractivity contribution in [3.8, 4) is 5.75 Å². The molecule has 0 aliphatic heterocycles. The van der Waals surface area contributed by atoms with E-state index in [4.69, 9.17) is 4.74 Å². The lowest BCUT2D eigenvalue weighted by Crippen LogP contribution is -2.20. The molecule has 0 spiro atoms. The molecule has 0 saturated heterocycles. The van der Waals surface area contributed by atoms with E-state index in [1.54, 1.807) is 30.0 Å². The van der Waals surface area contributed by atoms with Crippen molar-refractivity contribution in [3.63, 3.8) is 0 Å². The van der Waals surface area contributed by atoms with Crippen LogP contribution in [-0.2, 0) is 4.79 Å². The number of ether oxygens (including phenoxy) is 1. The second kappa shape index (κ2) is 7.90. The van der Waals surface area contributed by atoms with Gasteiger partial charge in [0.2, 0.25) is 5.13 Å². The van der Waals surface area contributed by atoms with Gasteiger partial charge >= 0.3 is 5.97 Å². The van der Waals surface area contributed by atoms with Crippen LogP contribution < -0.4 is 10.1 Å². The molecule has 2 rings (SSSR count). The molecule has 2 aromatic rings. The lowest BCUT2D eigenvalue weighted by molar-refractivity contribution is -0.137. The first kappa shape index (κ1) is 16.4. The molecule has 6 nitrogen and oxygen atoms in total. The van der Waals surface area contributed by atoms with Crippen LogP contribution in [0, 0.1) is 5.92 Å². The van der Waals surface area contributed by atoms with E-state index in [0.717, 1.165) is 0 Å². The number of carbonyl (C=O) groups excluding carboxylic acids is 2. The summed E-state index contributed by atoms with van der Waals surface area (Å²) in [5, 5.41) is 10.4. The van der Waals surface area contributed by atoms with Crippen molar-refractivity contribution in [3.05, 3.63) is 35.3 Å². The van der Waals surface area contributed by atoms with Crippen molar-refractivity contribution in [2.75, 3.05) is 17.3 Å². The fourth-order valence-electron chi connectivity index (χ4n) is 1.63. The third-order valence-corrected chi connectivity index (χ3v) is 4.15. The summed E-state index contributed by atoms with van der Waals surface area (Å²) in [6.07, 6.45) is 1.93. The summed E-state index contributed by atoms with van der Waals surface area (Å²) in [4.78, 5) is 24.0. The van der Waals surface area contributed by atoms with Crippen LogP contribution in [0.2, 0.25) is 0 Å². The average molecular weight is 337 g/mol. The Balaban J connectivity index is 2.03. The molecule has 0 radical (unpaired) electrons. The Kier molecular flexibility index (Phi) is 5.91. The van der Waals surface area contributed by atoms with Gasteiger partial charge in [0.1, 0.15) is 11.3 Å². The quantitative estimate of drug-likeness (QED) is 0.645. The highest BCUT2D eigenvalue weighted by Gasteiger charge is 2.16. The van der Waals surface area contributed by atoms with Gasteiger partial charge in [0, 0.05) is 11.3 Å². The van der Waals surface area contributed by atoms with E-state index >= 15 is 0 Å². The molecule has 116 valence electrons. The van der Waals surface area contributed by atoms with Crippen LogP contribution >= 0.6 is 23.1 Å². The summed E-state index contributed by atoms with van der Waals surface area (Å²) >= 11 is 2.81. The first-order valence-corrected chi connectivity index (χ1v) is 8.75. The number of hydrogen-bond acceptors (Lipinski definition) is 7. The molecule has 0 unspecified atom stereocenters. The summed E-state index contributed by atoms with van der Waals surface area (Å²) < 4.78 is 5.30. The minimum absolute atomic E-state index is 0.200. The van der Waals surface area contributed by atoms with Gasteiger partial charge in [-0.05, 0) is 24.5 Å². The van der Waals surface area contributed by atoms with Gasteiger partial charge in [0.05, 0.1) is 5.92 Å². The molecule has 1 N–H and O–H groups in total. The third-order valence-electron chi connectivity index (χ3n) is 2.71. The smallest absolute Gasteiger partial charge is 0.314 e. The molecule has 1 aromatic carbocycles. The summed E-state index contributed by atoms with van der Waals surface area (Å²) in [7, 11) is 0. The van der Waals surface area contributed by atoms with Gasteiger partial charge in [-0.25, -0.2) is 0 Å². The van der Waals surface area contributed by atoms with Gasteiger partial charge in [-0.15, -0.1) is 10.2 Å². The SMILES string of the molecule is CSC[C@H](C)C(=O)Oc1cccc(C(=O)Nc2nncs2)c1. The Hall–Kier alpha value is -1.93. The maximum Gasteiger partial charge on any atom is 0.314 e. The first-order chi connectivity index (χ1) is 10.6. The van der Waals surface area contributed by atoms with Crippen LogP contribution in [0.25, 0.3) is 0 Å². The normalized spacial score (nSPS) is 11.7. The number of carbonyl (C=O) groups is 2. The fraction of sp³-hybridized carbons (Fsp3) is 0.286. The second-order valence-corrected chi connectivity index (χ2v) is 6.25. The number of anilines is 1. The van der Waals surface area contributed by atoms with Crippen molar-refractivity contribution in [2.24, 2.45) is 5.92 Å². The minimum atomic E-state index is -0.327. The lowest BCUT2D eigenvalue weighted by atomic mass is 10.2. The van der Waals surface area contributed by atoms with Gasteiger partial charge < -0.3 is 4.74 Å². The fourth-order valence-corrected chi connectivity index (χ4v) is 2.71. The number of esters is 1. The maximum absolute atomic E-state index is 12.1.